The molecule has 0 saturated heterocycles. The van der Waals surface area contributed by atoms with Crippen LogP contribution in [-0.4, -0.2) is 43.4 Å². The van der Waals surface area contributed by atoms with Crippen LogP contribution in [0.4, 0.5) is 0 Å². The van der Waals surface area contributed by atoms with Crippen molar-refractivity contribution in [2.45, 2.75) is 52.6 Å². The van der Waals surface area contributed by atoms with Crippen LogP contribution in [0.5, 0.6) is 0 Å². The molecule has 0 aromatic carbocycles. The predicted molar refractivity (Wildman–Crippen MR) is 133 cm³/mol. The Morgan fingerprint density at radius 2 is 1.19 bits per heavy atom. The molecule has 0 N–H and O–H groups in total. The number of imidazole rings is 2. The third-order valence-corrected chi connectivity index (χ3v) is 15.4. The summed E-state index contributed by atoms with van der Waals surface area (Å²) in [5.74, 6) is -0.285. The number of carbonyl (C=O) groups is 2. The normalized spacial score (nSPS) is 12.1. The van der Waals surface area contributed by atoms with E-state index in [1.54, 1.807) is 0 Å². The number of rotatable bonds is 10. The fourth-order valence-electron chi connectivity index (χ4n) is 3.14. The SMILES string of the molecule is CCOC(=O)CCCn1ccn(C)[c]1=[Pd]([I])([I])=[c]1n(C)ccn1CCCC(=O)OCC. The number of nitrogens with zero attached hydrogens (tertiary/aromatic N) is 4. The van der Waals surface area contributed by atoms with Gasteiger partial charge in [-0.25, -0.2) is 0 Å². The van der Waals surface area contributed by atoms with Crippen LogP contribution < -0.4 is 0 Å². The molecule has 31 heavy (non-hydrogen) atoms. The van der Waals surface area contributed by atoms with Crippen LogP contribution in [0.15, 0.2) is 24.8 Å². The Labute approximate surface area is 206 Å². The number of ether oxygens (including phenoxy) is 2. The van der Waals surface area contributed by atoms with Gasteiger partial charge >= 0.3 is 208 Å². The van der Waals surface area contributed by atoms with E-state index in [1.807, 2.05) is 13.8 Å². The second-order valence-electron chi connectivity index (χ2n) is 6.87. The first kappa shape index (κ1) is 26.7. The van der Waals surface area contributed by atoms with Crippen molar-refractivity contribution in [1.29, 1.82) is 0 Å². The van der Waals surface area contributed by atoms with Gasteiger partial charge in [0.2, 0.25) is 0 Å². The first-order valence-corrected chi connectivity index (χ1v) is 21.0. The van der Waals surface area contributed by atoms with Gasteiger partial charge in [0.1, 0.15) is 0 Å². The van der Waals surface area contributed by atoms with Gasteiger partial charge in [-0.1, -0.05) is 0 Å². The number of hydrogen-bond donors (Lipinski definition) is 0. The molecule has 0 radical (unpaired) electrons. The monoisotopic (exact) mass is 752 g/mol. The van der Waals surface area contributed by atoms with Crippen LogP contribution in [-0.2, 0) is 53.6 Å². The average molecular weight is 753 g/mol. The van der Waals surface area contributed by atoms with E-state index in [0.29, 0.717) is 26.1 Å². The Hall–Kier alpha value is -0.518. The van der Waals surface area contributed by atoms with E-state index in [-0.39, 0.29) is 11.9 Å². The van der Waals surface area contributed by atoms with Crippen molar-refractivity contribution in [3.63, 3.8) is 0 Å². The van der Waals surface area contributed by atoms with E-state index in [4.69, 9.17) is 9.47 Å². The Morgan fingerprint density at radius 3 is 1.55 bits per heavy atom. The van der Waals surface area contributed by atoms with E-state index in [0.717, 1.165) is 25.9 Å². The van der Waals surface area contributed by atoms with Crippen molar-refractivity contribution in [2.75, 3.05) is 13.2 Å². The van der Waals surface area contributed by atoms with Crippen molar-refractivity contribution in [3.8, 4) is 0 Å². The summed E-state index contributed by atoms with van der Waals surface area (Å²) in [7, 11) is 1.85. The van der Waals surface area contributed by atoms with E-state index >= 15 is 0 Å². The Kier molecular flexibility index (Phi) is 10.9. The standard InChI is InChI=1S/2C10H16N2O2.2HI.Pd/c2*1-3-14-10(13)5-4-6-12-8-7-11(2)9-12;;;/h2*7-8H,3-6H2,1-2H3;2*1H;/q;;;;+2/p-2. The quantitative estimate of drug-likeness (QED) is 0.207. The van der Waals surface area contributed by atoms with Gasteiger partial charge < -0.3 is 0 Å². The number of halogens is 2. The van der Waals surface area contributed by atoms with Gasteiger partial charge in [-0.05, 0) is 0 Å². The maximum absolute atomic E-state index is 11.7. The summed E-state index contributed by atoms with van der Waals surface area (Å²) in [5, 5.41) is 0. The zero-order valence-electron chi connectivity index (χ0n) is 18.5. The second kappa shape index (κ2) is 12.6. The summed E-state index contributed by atoms with van der Waals surface area (Å²) in [4.78, 5) is 23.4. The Morgan fingerprint density at radius 1 is 0.806 bits per heavy atom. The van der Waals surface area contributed by atoms with Crippen molar-refractivity contribution >= 4 is 51.0 Å². The average Bonchev–Trinajstić information content (AvgIpc) is 3.25. The van der Waals surface area contributed by atoms with Crippen LogP contribution in [0.1, 0.15) is 39.5 Å². The fraction of sp³-hybridized carbons (Fsp3) is 0.600. The molecule has 0 atom stereocenters. The summed E-state index contributed by atoms with van der Waals surface area (Å²) in [6.45, 7) is 6.04. The number of esters is 2. The summed E-state index contributed by atoms with van der Waals surface area (Å²) in [6.07, 6.45) is 10.7. The van der Waals surface area contributed by atoms with Crippen LogP contribution in [0.2, 0.25) is 0 Å². The van der Waals surface area contributed by atoms with Crippen LogP contribution in [0.25, 0.3) is 0 Å². The molecular weight excluding hydrogens is 720 g/mol. The van der Waals surface area contributed by atoms with Gasteiger partial charge in [0, 0.05) is 0 Å². The van der Waals surface area contributed by atoms with Gasteiger partial charge in [0.05, 0.1) is 0 Å². The minimum absolute atomic E-state index is 0.143. The molecule has 0 spiro atoms. The summed E-state index contributed by atoms with van der Waals surface area (Å²) >= 11 is 5.26. The molecule has 8 nitrogen and oxygen atoms in total. The molecule has 0 aliphatic heterocycles. The number of carbonyl (C=O) groups excluding carboxylic acids is 2. The molecule has 0 fully saturated rings. The van der Waals surface area contributed by atoms with Crippen molar-refractivity contribution in [2.24, 2.45) is 14.1 Å². The molecule has 0 amide bonds. The van der Waals surface area contributed by atoms with Crippen LogP contribution in [0, 0.1) is 7.78 Å². The Balaban J connectivity index is 2.45. The molecule has 2 heterocycles. The molecule has 2 aromatic heterocycles. The number of hydrogen-bond acceptors (Lipinski definition) is 4. The van der Waals surface area contributed by atoms with Crippen molar-refractivity contribution < 1.29 is 26.5 Å². The van der Waals surface area contributed by atoms with E-state index in [2.05, 4.69) is 96.2 Å². The summed E-state index contributed by atoms with van der Waals surface area (Å²) < 4.78 is 21.6. The minimum atomic E-state index is -2.30. The van der Waals surface area contributed by atoms with Crippen LogP contribution in [0.3, 0.4) is 0 Å². The molecule has 2 aromatic rings. The third kappa shape index (κ3) is 7.23. The number of aryl methyl sites for hydroxylation is 4. The van der Waals surface area contributed by atoms with E-state index in [1.165, 1.54) is 7.78 Å². The van der Waals surface area contributed by atoms with Gasteiger partial charge in [-0.3, -0.25) is 0 Å². The van der Waals surface area contributed by atoms with Crippen LogP contribution >= 0.6 is 39.0 Å². The molecule has 0 aliphatic rings. The van der Waals surface area contributed by atoms with Gasteiger partial charge in [0.25, 0.3) is 0 Å². The topological polar surface area (TPSA) is 72.3 Å². The first-order chi connectivity index (χ1) is 14.7. The molecule has 180 valence electrons. The molecule has 0 unspecified atom stereocenters. The molecule has 2 rings (SSSR count). The van der Waals surface area contributed by atoms with Crippen molar-refractivity contribution in [1.82, 2.24) is 18.3 Å². The molecule has 0 saturated carbocycles. The fourth-order valence-corrected chi connectivity index (χ4v) is 17.1. The van der Waals surface area contributed by atoms with Gasteiger partial charge in [-0.2, -0.15) is 0 Å². The number of aromatic nitrogens is 4. The molecule has 11 heteroatoms. The Bertz CT molecular complexity index is 1010. The van der Waals surface area contributed by atoms with Gasteiger partial charge in [-0.15, -0.1) is 0 Å². The molecular formula is C20H32I2N4O4Pd. The zero-order valence-corrected chi connectivity index (χ0v) is 24.3. The first-order valence-electron chi connectivity index (χ1n) is 10.2. The van der Waals surface area contributed by atoms with E-state index < -0.39 is 7.40 Å². The predicted octanol–water partition coefficient (Wildman–Crippen LogP) is 4.27. The molecule has 0 aliphatic carbocycles. The summed E-state index contributed by atoms with van der Waals surface area (Å²) in [5.41, 5.74) is 0. The second-order valence-corrected chi connectivity index (χ2v) is 29.9. The van der Waals surface area contributed by atoms with E-state index in [9.17, 15) is 9.59 Å². The summed E-state index contributed by atoms with van der Waals surface area (Å²) in [6, 6.07) is 0. The van der Waals surface area contributed by atoms with Gasteiger partial charge in [0.15, 0.2) is 0 Å². The molecule has 0 bridgehead atoms. The third-order valence-electron chi connectivity index (χ3n) is 4.44. The maximum atomic E-state index is 11.7. The van der Waals surface area contributed by atoms with Crippen molar-refractivity contribution in [3.05, 3.63) is 32.6 Å². The zero-order chi connectivity index (χ0) is 23.0.